The van der Waals surface area contributed by atoms with E-state index in [1.165, 1.54) is 0 Å². The second kappa shape index (κ2) is 4.18. The van der Waals surface area contributed by atoms with Crippen molar-refractivity contribution in [3.8, 4) is 0 Å². The predicted octanol–water partition coefficient (Wildman–Crippen LogP) is -1.55. The lowest BCUT2D eigenvalue weighted by Crippen LogP contribution is -2.49. The van der Waals surface area contributed by atoms with E-state index in [1.54, 1.807) is 12.3 Å². The van der Waals surface area contributed by atoms with Gasteiger partial charge in [-0.3, -0.25) is 0 Å². The topological polar surface area (TPSA) is 97.7 Å². The highest BCUT2D eigenvalue weighted by Crippen LogP contribution is 2.17. The summed E-state index contributed by atoms with van der Waals surface area (Å²) >= 11 is 0. The lowest BCUT2D eigenvalue weighted by Gasteiger charge is -2.31. The third-order valence-electron chi connectivity index (χ3n) is 2.49. The summed E-state index contributed by atoms with van der Waals surface area (Å²) in [6, 6.07) is 0. The van der Waals surface area contributed by atoms with Crippen LogP contribution in [0.3, 0.4) is 0 Å². The first-order valence-electron chi connectivity index (χ1n) is 5.09. The smallest absolute Gasteiger partial charge is 0.194 e. The Hall–Kier alpha value is -1.11. The third-order valence-corrected chi connectivity index (χ3v) is 2.49. The Morgan fingerprint density at radius 2 is 2.53 bits per heavy atom. The molecule has 2 rings (SSSR count). The summed E-state index contributed by atoms with van der Waals surface area (Å²) < 4.78 is 5.57. The Balaban J connectivity index is 1.97. The number of morpholine rings is 1. The van der Waals surface area contributed by atoms with Crippen LogP contribution in [0.15, 0.2) is 17.3 Å². The minimum atomic E-state index is -0.737. The molecule has 0 aliphatic carbocycles. The molecule has 0 aromatic heterocycles. The Kier molecular flexibility index (Phi) is 2.90. The molecule has 0 amide bonds. The number of guanidine groups is 1. The van der Waals surface area contributed by atoms with Gasteiger partial charge in [0.2, 0.25) is 0 Å². The molecule has 0 bridgehead atoms. The standard InChI is InChI=1S/C9H17N5O/c10-8-13-2-1-9(11,14-8)5-7-6-12-3-4-15-7/h1-2,7,12H,3-6,11H2,(H3,10,13,14). The van der Waals surface area contributed by atoms with Crippen molar-refractivity contribution in [3.05, 3.63) is 12.3 Å². The van der Waals surface area contributed by atoms with Crippen LogP contribution in [-0.4, -0.2) is 37.4 Å². The second-order valence-corrected chi connectivity index (χ2v) is 3.87. The largest absolute Gasteiger partial charge is 0.375 e. The molecule has 15 heavy (non-hydrogen) atoms. The molecule has 84 valence electrons. The van der Waals surface area contributed by atoms with Gasteiger partial charge in [-0.25, -0.2) is 4.99 Å². The van der Waals surface area contributed by atoms with Crippen LogP contribution in [0.1, 0.15) is 6.42 Å². The maximum absolute atomic E-state index is 6.08. The highest BCUT2D eigenvalue weighted by atomic mass is 16.5. The molecule has 0 aromatic carbocycles. The van der Waals surface area contributed by atoms with E-state index < -0.39 is 5.66 Å². The Morgan fingerprint density at radius 1 is 1.67 bits per heavy atom. The van der Waals surface area contributed by atoms with Gasteiger partial charge >= 0.3 is 0 Å². The van der Waals surface area contributed by atoms with Gasteiger partial charge in [-0.15, -0.1) is 0 Å². The fourth-order valence-corrected chi connectivity index (χ4v) is 1.79. The summed E-state index contributed by atoms with van der Waals surface area (Å²) in [4.78, 5) is 4.17. The van der Waals surface area contributed by atoms with Crippen molar-refractivity contribution in [1.29, 1.82) is 0 Å². The molecular formula is C9H17N5O. The van der Waals surface area contributed by atoms with E-state index >= 15 is 0 Å². The second-order valence-electron chi connectivity index (χ2n) is 3.87. The van der Waals surface area contributed by atoms with E-state index in [4.69, 9.17) is 16.2 Å². The lowest BCUT2D eigenvalue weighted by molar-refractivity contribution is 0.0145. The number of hydrogen-bond acceptors (Lipinski definition) is 6. The van der Waals surface area contributed by atoms with E-state index in [1.807, 2.05) is 0 Å². The van der Waals surface area contributed by atoms with Gasteiger partial charge in [0, 0.05) is 25.7 Å². The first-order chi connectivity index (χ1) is 7.18. The molecule has 0 spiro atoms. The molecule has 1 fully saturated rings. The number of ether oxygens (including phenoxy) is 1. The van der Waals surface area contributed by atoms with Gasteiger partial charge in [0.15, 0.2) is 5.96 Å². The summed E-state index contributed by atoms with van der Waals surface area (Å²) in [6.07, 6.45) is 4.27. The third kappa shape index (κ3) is 2.68. The van der Waals surface area contributed by atoms with Gasteiger partial charge in [-0.05, 0) is 6.08 Å². The van der Waals surface area contributed by atoms with E-state index in [-0.39, 0.29) is 6.10 Å². The average Bonchev–Trinajstić information content (AvgIpc) is 2.18. The number of nitrogens with zero attached hydrogens (tertiary/aromatic N) is 1. The van der Waals surface area contributed by atoms with Crippen LogP contribution >= 0.6 is 0 Å². The highest BCUT2D eigenvalue weighted by molar-refractivity contribution is 5.80. The monoisotopic (exact) mass is 211 g/mol. The summed E-state index contributed by atoms with van der Waals surface area (Å²) in [5.41, 5.74) is 10.9. The highest BCUT2D eigenvalue weighted by Gasteiger charge is 2.29. The van der Waals surface area contributed by atoms with Crippen LogP contribution in [0, 0.1) is 0 Å². The minimum absolute atomic E-state index is 0.100. The quantitative estimate of drug-likeness (QED) is 0.443. The molecule has 0 radical (unpaired) electrons. The summed E-state index contributed by atoms with van der Waals surface area (Å²) in [7, 11) is 0. The van der Waals surface area contributed by atoms with Crippen molar-refractivity contribution in [2.45, 2.75) is 18.2 Å². The molecule has 0 aromatic rings. The van der Waals surface area contributed by atoms with Crippen molar-refractivity contribution < 1.29 is 4.74 Å². The van der Waals surface area contributed by atoms with E-state index in [2.05, 4.69) is 15.6 Å². The molecule has 2 atom stereocenters. The van der Waals surface area contributed by atoms with Crippen molar-refractivity contribution in [2.24, 2.45) is 16.5 Å². The van der Waals surface area contributed by atoms with Gasteiger partial charge in [0.1, 0.15) is 5.66 Å². The summed E-state index contributed by atoms with van der Waals surface area (Å²) in [5, 5.41) is 6.04. The van der Waals surface area contributed by atoms with Gasteiger partial charge in [-0.2, -0.15) is 0 Å². The molecule has 1 saturated heterocycles. The van der Waals surface area contributed by atoms with Gasteiger partial charge < -0.3 is 26.8 Å². The van der Waals surface area contributed by atoms with Crippen LogP contribution in [0.25, 0.3) is 0 Å². The zero-order chi connectivity index (χ0) is 10.7. The number of nitrogens with one attached hydrogen (secondary N) is 2. The zero-order valence-corrected chi connectivity index (χ0v) is 8.57. The minimum Gasteiger partial charge on any atom is -0.375 e. The van der Waals surface area contributed by atoms with Crippen molar-refractivity contribution >= 4 is 5.96 Å². The molecular weight excluding hydrogens is 194 g/mol. The number of aliphatic imine (C=N–C) groups is 1. The van der Waals surface area contributed by atoms with Gasteiger partial charge in [0.25, 0.3) is 0 Å². The molecule has 2 aliphatic heterocycles. The van der Waals surface area contributed by atoms with Gasteiger partial charge in [-0.1, -0.05) is 0 Å². The maximum atomic E-state index is 6.08. The van der Waals surface area contributed by atoms with Gasteiger partial charge in [0.05, 0.1) is 12.7 Å². The molecule has 2 unspecified atom stereocenters. The molecule has 0 saturated carbocycles. The average molecular weight is 211 g/mol. The normalized spacial score (nSPS) is 35.8. The number of nitrogens with two attached hydrogens (primary N) is 2. The van der Waals surface area contributed by atoms with E-state index in [0.29, 0.717) is 12.4 Å². The summed E-state index contributed by atoms with van der Waals surface area (Å²) in [5.74, 6) is 0.351. The van der Waals surface area contributed by atoms with Crippen LogP contribution in [0.4, 0.5) is 0 Å². The summed E-state index contributed by atoms with van der Waals surface area (Å²) in [6.45, 7) is 2.44. The van der Waals surface area contributed by atoms with Crippen LogP contribution in [-0.2, 0) is 4.74 Å². The van der Waals surface area contributed by atoms with E-state index in [9.17, 15) is 0 Å². The Morgan fingerprint density at radius 3 is 3.20 bits per heavy atom. The predicted molar refractivity (Wildman–Crippen MR) is 58.0 cm³/mol. The van der Waals surface area contributed by atoms with E-state index in [0.717, 1.165) is 19.7 Å². The first kappa shape index (κ1) is 10.4. The maximum Gasteiger partial charge on any atom is 0.194 e. The molecule has 2 aliphatic rings. The molecule has 6 nitrogen and oxygen atoms in total. The first-order valence-corrected chi connectivity index (χ1v) is 5.09. The Bertz CT molecular complexity index is 284. The number of rotatable bonds is 2. The molecule has 2 heterocycles. The fraction of sp³-hybridized carbons (Fsp3) is 0.667. The SMILES string of the molecule is NC1=NC(N)(CC2CNCCO2)C=CN1. The van der Waals surface area contributed by atoms with Crippen LogP contribution in [0.5, 0.6) is 0 Å². The van der Waals surface area contributed by atoms with Crippen molar-refractivity contribution in [3.63, 3.8) is 0 Å². The zero-order valence-electron chi connectivity index (χ0n) is 8.57. The fourth-order valence-electron chi connectivity index (χ4n) is 1.79. The van der Waals surface area contributed by atoms with Crippen molar-refractivity contribution in [1.82, 2.24) is 10.6 Å². The van der Waals surface area contributed by atoms with Crippen molar-refractivity contribution in [2.75, 3.05) is 19.7 Å². The molecule has 6 heteroatoms. The lowest BCUT2D eigenvalue weighted by atomic mass is 10.0. The Labute approximate surface area is 88.7 Å². The molecule has 6 N–H and O–H groups in total. The van der Waals surface area contributed by atoms with Crippen LogP contribution in [0.2, 0.25) is 0 Å². The number of hydrogen-bond donors (Lipinski definition) is 4. The van der Waals surface area contributed by atoms with Crippen LogP contribution < -0.4 is 22.1 Å².